The number of nitrogens with zero attached hydrogens (tertiary/aromatic N) is 1. The number of benzene rings is 7. The standard InChI is InChI=1S/C42H33N/c1-30-29-39(26-28-40(30)42-27-21-36-15-9-10-16-41(36)31(42)2)43(37-22-17-34(18-23-37)32-11-5-3-6-12-32)38-24-19-35(20-25-38)33-13-7-4-8-14-33/h3-29H,1-2H3. The average molecular weight is 552 g/mol. The van der Waals surface area contributed by atoms with E-state index in [1.807, 2.05) is 0 Å². The van der Waals surface area contributed by atoms with Crippen molar-refractivity contribution in [2.24, 2.45) is 0 Å². The minimum absolute atomic E-state index is 1.13. The van der Waals surface area contributed by atoms with Crippen molar-refractivity contribution in [3.05, 3.63) is 175 Å². The zero-order valence-electron chi connectivity index (χ0n) is 24.5. The molecule has 0 amide bonds. The molecule has 7 aromatic carbocycles. The smallest absolute Gasteiger partial charge is 0.0464 e. The largest absolute Gasteiger partial charge is 0.310 e. The van der Waals surface area contributed by atoms with Gasteiger partial charge in [0.05, 0.1) is 0 Å². The molecule has 43 heavy (non-hydrogen) atoms. The van der Waals surface area contributed by atoms with E-state index in [9.17, 15) is 0 Å². The van der Waals surface area contributed by atoms with E-state index in [1.165, 1.54) is 55.3 Å². The number of hydrogen-bond donors (Lipinski definition) is 0. The summed E-state index contributed by atoms with van der Waals surface area (Å²) in [7, 11) is 0. The lowest BCUT2D eigenvalue weighted by molar-refractivity contribution is 1.27. The van der Waals surface area contributed by atoms with Crippen molar-refractivity contribution in [2.45, 2.75) is 13.8 Å². The van der Waals surface area contributed by atoms with Crippen molar-refractivity contribution >= 4 is 27.8 Å². The Morgan fingerprint density at radius 2 is 0.837 bits per heavy atom. The predicted molar refractivity (Wildman–Crippen MR) is 184 cm³/mol. The molecule has 0 spiro atoms. The molecule has 0 aliphatic heterocycles. The van der Waals surface area contributed by atoms with Crippen LogP contribution in [0.1, 0.15) is 11.1 Å². The molecule has 0 unspecified atom stereocenters. The number of anilines is 3. The first-order valence-electron chi connectivity index (χ1n) is 14.9. The number of hydrogen-bond acceptors (Lipinski definition) is 1. The molecule has 0 aliphatic rings. The molecule has 1 heteroatoms. The Balaban J connectivity index is 1.30. The van der Waals surface area contributed by atoms with E-state index in [2.05, 4.69) is 183 Å². The molecule has 0 fully saturated rings. The first kappa shape index (κ1) is 26.5. The minimum atomic E-state index is 1.13. The van der Waals surface area contributed by atoms with Crippen LogP contribution in [0.5, 0.6) is 0 Å². The fraction of sp³-hybridized carbons (Fsp3) is 0.0476. The molecule has 0 saturated carbocycles. The van der Waals surface area contributed by atoms with E-state index >= 15 is 0 Å². The lowest BCUT2D eigenvalue weighted by Crippen LogP contribution is -2.10. The highest BCUT2D eigenvalue weighted by Gasteiger charge is 2.16. The van der Waals surface area contributed by atoms with Crippen LogP contribution in [0.4, 0.5) is 17.1 Å². The maximum Gasteiger partial charge on any atom is 0.0464 e. The Morgan fingerprint density at radius 3 is 1.40 bits per heavy atom. The third kappa shape index (κ3) is 5.22. The van der Waals surface area contributed by atoms with Gasteiger partial charge in [-0.1, -0.05) is 127 Å². The summed E-state index contributed by atoms with van der Waals surface area (Å²) >= 11 is 0. The van der Waals surface area contributed by atoms with Crippen LogP contribution in [0, 0.1) is 13.8 Å². The van der Waals surface area contributed by atoms with Crippen molar-refractivity contribution in [1.82, 2.24) is 0 Å². The van der Waals surface area contributed by atoms with Crippen molar-refractivity contribution in [3.8, 4) is 33.4 Å². The van der Waals surface area contributed by atoms with Crippen molar-refractivity contribution in [3.63, 3.8) is 0 Å². The minimum Gasteiger partial charge on any atom is -0.310 e. The zero-order chi connectivity index (χ0) is 29.2. The van der Waals surface area contributed by atoms with Gasteiger partial charge in [0.1, 0.15) is 0 Å². The first-order valence-corrected chi connectivity index (χ1v) is 14.9. The van der Waals surface area contributed by atoms with Crippen molar-refractivity contribution in [1.29, 1.82) is 0 Å². The SMILES string of the molecule is Cc1cc(N(c2ccc(-c3ccccc3)cc2)c2ccc(-c3ccccc3)cc2)ccc1-c1ccc2ccccc2c1C. The first-order chi connectivity index (χ1) is 21.2. The fourth-order valence-electron chi connectivity index (χ4n) is 6.12. The van der Waals surface area contributed by atoms with E-state index in [-0.39, 0.29) is 0 Å². The summed E-state index contributed by atoms with van der Waals surface area (Å²) in [6.07, 6.45) is 0. The average Bonchev–Trinajstić information content (AvgIpc) is 3.07. The predicted octanol–water partition coefficient (Wildman–Crippen LogP) is 11.9. The highest BCUT2D eigenvalue weighted by molar-refractivity contribution is 5.92. The van der Waals surface area contributed by atoms with Gasteiger partial charge in [0.15, 0.2) is 0 Å². The van der Waals surface area contributed by atoms with Gasteiger partial charge < -0.3 is 4.90 Å². The van der Waals surface area contributed by atoms with Gasteiger partial charge in [-0.3, -0.25) is 0 Å². The molecular weight excluding hydrogens is 518 g/mol. The van der Waals surface area contributed by atoms with Crippen molar-refractivity contribution in [2.75, 3.05) is 4.90 Å². The van der Waals surface area contributed by atoms with Crippen LogP contribution < -0.4 is 4.90 Å². The van der Waals surface area contributed by atoms with Gasteiger partial charge in [0.25, 0.3) is 0 Å². The van der Waals surface area contributed by atoms with E-state index in [4.69, 9.17) is 0 Å². The van der Waals surface area contributed by atoms with Crippen LogP contribution >= 0.6 is 0 Å². The van der Waals surface area contributed by atoms with Gasteiger partial charge in [0.2, 0.25) is 0 Å². The number of rotatable bonds is 6. The molecule has 0 radical (unpaired) electrons. The van der Waals surface area contributed by atoms with Gasteiger partial charge in [0, 0.05) is 17.1 Å². The Labute approximate surface area is 254 Å². The molecule has 0 saturated heterocycles. The Morgan fingerprint density at radius 1 is 0.372 bits per heavy atom. The molecule has 0 atom stereocenters. The van der Waals surface area contributed by atoms with Crippen molar-refractivity contribution < 1.29 is 0 Å². The summed E-state index contributed by atoms with van der Waals surface area (Å²) in [5.41, 5.74) is 13.4. The molecule has 0 heterocycles. The molecule has 0 aromatic heterocycles. The van der Waals surface area contributed by atoms with E-state index in [1.54, 1.807) is 0 Å². The molecule has 7 rings (SSSR count). The maximum absolute atomic E-state index is 2.35. The van der Waals surface area contributed by atoms with Gasteiger partial charge in [-0.2, -0.15) is 0 Å². The number of fused-ring (bicyclic) bond motifs is 1. The van der Waals surface area contributed by atoms with Gasteiger partial charge in [-0.05, 0) is 106 Å². The van der Waals surface area contributed by atoms with Gasteiger partial charge in [-0.25, -0.2) is 0 Å². The van der Waals surface area contributed by atoms with Crippen LogP contribution in [-0.2, 0) is 0 Å². The van der Waals surface area contributed by atoms with Crippen LogP contribution in [-0.4, -0.2) is 0 Å². The van der Waals surface area contributed by atoms with Crippen LogP contribution in [0.2, 0.25) is 0 Å². The summed E-state index contributed by atoms with van der Waals surface area (Å²) < 4.78 is 0. The third-order valence-corrected chi connectivity index (χ3v) is 8.42. The van der Waals surface area contributed by atoms with Crippen LogP contribution in [0.25, 0.3) is 44.2 Å². The molecular formula is C42H33N. The Kier molecular flexibility index (Phi) is 7.07. The lowest BCUT2D eigenvalue weighted by Gasteiger charge is -2.27. The van der Waals surface area contributed by atoms with Crippen LogP contribution in [0.3, 0.4) is 0 Å². The monoisotopic (exact) mass is 551 g/mol. The maximum atomic E-state index is 2.35. The summed E-state index contributed by atoms with van der Waals surface area (Å²) in [4.78, 5) is 2.35. The molecule has 7 aromatic rings. The fourth-order valence-corrected chi connectivity index (χ4v) is 6.12. The third-order valence-electron chi connectivity index (χ3n) is 8.42. The topological polar surface area (TPSA) is 3.24 Å². The second-order valence-electron chi connectivity index (χ2n) is 11.1. The zero-order valence-corrected chi connectivity index (χ0v) is 24.5. The summed E-state index contributed by atoms with van der Waals surface area (Å²) in [6.45, 7) is 4.46. The van der Waals surface area contributed by atoms with Gasteiger partial charge >= 0.3 is 0 Å². The molecule has 0 bridgehead atoms. The quantitative estimate of drug-likeness (QED) is 0.199. The number of aryl methyl sites for hydroxylation is 2. The van der Waals surface area contributed by atoms with E-state index < -0.39 is 0 Å². The highest BCUT2D eigenvalue weighted by atomic mass is 15.1. The second kappa shape index (κ2) is 11.5. The normalized spacial score (nSPS) is 11.0. The molecule has 206 valence electrons. The van der Waals surface area contributed by atoms with Crippen LogP contribution in [0.15, 0.2) is 164 Å². The van der Waals surface area contributed by atoms with Gasteiger partial charge in [-0.15, -0.1) is 0 Å². The molecule has 0 aliphatic carbocycles. The Hall–Kier alpha value is -5.40. The summed E-state index contributed by atoms with van der Waals surface area (Å²) in [5, 5.41) is 2.59. The molecule has 0 N–H and O–H groups in total. The van der Waals surface area contributed by atoms with E-state index in [0.29, 0.717) is 0 Å². The lowest BCUT2D eigenvalue weighted by atomic mass is 9.92. The molecule has 1 nitrogen and oxygen atoms in total. The van der Waals surface area contributed by atoms with E-state index in [0.717, 1.165) is 17.1 Å². The second-order valence-corrected chi connectivity index (χ2v) is 11.1. The highest BCUT2D eigenvalue weighted by Crippen LogP contribution is 2.39. The summed E-state index contributed by atoms with van der Waals surface area (Å²) in [5.74, 6) is 0. The summed E-state index contributed by atoms with van der Waals surface area (Å²) in [6, 6.07) is 58.9. The Bertz CT molecular complexity index is 1920.